The maximum Gasteiger partial charge on any atom is 0.0225 e. The van der Waals surface area contributed by atoms with Crippen molar-refractivity contribution in [2.24, 2.45) is 5.92 Å². The summed E-state index contributed by atoms with van der Waals surface area (Å²) in [5.41, 5.74) is 3.30. The third-order valence-corrected chi connectivity index (χ3v) is 7.14. The number of benzene rings is 2. The van der Waals surface area contributed by atoms with Gasteiger partial charge in [0.25, 0.3) is 0 Å². The molecule has 126 valence electrons. The molecule has 24 heavy (non-hydrogen) atoms. The Balaban J connectivity index is 1.80. The van der Waals surface area contributed by atoms with Crippen molar-refractivity contribution in [2.45, 2.75) is 47.8 Å². The van der Waals surface area contributed by atoms with Gasteiger partial charge in [-0.2, -0.15) is 0 Å². The highest BCUT2D eigenvalue weighted by Crippen LogP contribution is 2.53. The second-order valence-electron chi connectivity index (χ2n) is 7.50. The van der Waals surface area contributed by atoms with Crippen LogP contribution in [0.15, 0.2) is 58.3 Å². The van der Waals surface area contributed by atoms with Crippen LogP contribution in [0, 0.1) is 5.92 Å². The molecule has 0 aromatic heterocycles. The number of nitrogens with zero attached hydrogens (tertiary/aromatic N) is 1. The maximum atomic E-state index is 2.52. The summed E-state index contributed by atoms with van der Waals surface area (Å²) >= 11 is 1.95. The molecule has 0 amide bonds. The van der Waals surface area contributed by atoms with Crippen molar-refractivity contribution in [3.8, 4) is 0 Å². The van der Waals surface area contributed by atoms with Gasteiger partial charge in [0.05, 0.1) is 0 Å². The van der Waals surface area contributed by atoms with E-state index in [9.17, 15) is 0 Å². The Morgan fingerprint density at radius 3 is 2.25 bits per heavy atom. The van der Waals surface area contributed by atoms with Crippen molar-refractivity contribution in [1.82, 2.24) is 4.90 Å². The third kappa shape index (κ3) is 2.70. The number of piperidine rings is 1. The molecule has 2 aliphatic rings. The van der Waals surface area contributed by atoms with Crippen LogP contribution >= 0.6 is 11.8 Å². The molecule has 2 heterocycles. The molecule has 1 atom stereocenters. The molecular weight excluding hydrogens is 310 g/mol. The Morgan fingerprint density at radius 1 is 1.04 bits per heavy atom. The SMILES string of the molecule is CCC1(C[C@H]2CCCN(C)C2)c2ccccc2Sc2ccccc21. The molecule has 2 aromatic rings. The number of rotatable bonds is 3. The van der Waals surface area contributed by atoms with E-state index in [0.717, 1.165) is 5.92 Å². The number of likely N-dealkylation sites (tertiary alicyclic amines) is 1. The summed E-state index contributed by atoms with van der Waals surface area (Å²) in [5.74, 6) is 0.799. The summed E-state index contributed by atoms with van der Waals surface area (Å²) in [4.78, 5) is 5.44. The lowest BCUT2D eigenvalue weighted by Crippen LogP contribution is -2.39. The normalized spacial score (nSPS) is 22.7. The molecule has 2 aromatic carbocycles. The highest BCUT2D eigenvalue weighted by atomic mass is 32.2. The molecule has 0 aliphatic carbocycles. The van der Waals surface area contributed by atoms with Crippen LogP contribution in [0.25, 0.3) is 0 Å². The molecule has 1 fully saturated rings. The van der Waals surface area contributed by atoms with Crippen LogP contribution in [-0.4, -0.2) is 25.0 Å². The minimum Gasteiger partial charge on any atom is -0.306 e. The van der Waals surface area contributed by atoms with Gasteiger partial charge in [0.15, 0.2) is 0 Å². The molecule has 0 saturated carbocycles. The van der Waals surface area contributed by atoms with E-state index in [0.29, 0.717) is 0 Å². The van der Waals surface area contributed by atoms with Gasteiger partial charge in [0.2, 0.25) is 0 Å². The summed E-state index contributed by atoms with van der Waals surface area (Å²) in [6.07, 6.45) is 5.19. The monoisotopic (exact) mass is 337 g/mol. The van der Waals surface area contributed by atoms with Crippen molar-refractivity contribution in [1.29, 1.82) is 0 Å². The van der Waals surface area contributed by atoms with Crippen molar-refractivity contribution in [3.63, 3.8) is 0 Å². The van der Waals surface area contributed by atoms with Crippen LogP contribution in [0.5, 0.6) is 0 Å². The van der Waals surface area contributed by atoms with Crippen LogP contribution in [0.4, 0.5) is 0 Å². The molecule has 1 nitrogen and oxygen atoms in total. The minimum atomic E-state index is 0.182. The first kappa shape index (κ1) is 16.2. The van der Waals surface area contributed by atoms with E-state index in [1.54, 1.807) is 11.1 Å². The van der Waals surface area contributed by atoms with E-state index in [4.69, 9.17) is 0 Å². The summed E-state index contributed by atoms with van der Waals surface area (Å²) in [5, 5.41) is 0. The first-order valence-corrected chi connectivity index (χ1v) is 10.1. The predicted octanol–water partition coefficient (Wildman–Crippen LogP) is 5.58. The number of hydrogen-bond acceptors (Lipinski definition) is 2. The van der Waals surface area contributed by atoms with E-state index in [-0.39, 0.29) is 5.41 Å². The van der Waals surface area contributed by atoms with Crippen molar-refractivity contribution >= 4 is 11.8 Å². The molecule has 1 saturated heterocycles. The Kier molecular flexibility index (Phi) is 4.44. The zero-order valence-corrected chi connectivity index (χ0v) is 15.6. The second kappa shape index (κ2) is 6.57. The number of fused-ring (bicyclic) bond motifs is 2. The van der Waals surface area contributed by atoms with Gasteiger partial charge in [-0.3, -0.25) is 0 Å². The van der Waals surface area contributed by atoms with Gasteiger partial charge in [-0.1, -0.05) is 55.1 Å². The van der Waals surface area contributed by atoms with Gasteiger partial charge < -0.3 is 4.90 Å². The molecule has 2 aliphatic heterocycles. The average Bonchev–Trinajstić information content (AvgIpc) is 2.61. The zero-order valence-electron chi connectivity index (χ0n) is 14.8. The van der Waals surface area contributed by atoms with E-state index < -0.39 is 0 Å². The van der Waals surface area contributed by atoms with Gasteiger partial charge in [-0.25, -0.2) is 0 Å². The fourth-order valence-electron chi connectivity index (χ4n) is 4.84. The summed E-state index contributed by atoms with van der Waals surface area (Å²) < 4.78 is 0. The van der Waals surface area contributed by atoms with Gasteiger partial charge in [0.1, 0.15) is 0 Å². The van der Waals surface area contributed by atoms with E-state index in [2.05, 4.69) is 67.4 Å². The summed E-state index contributed by atoms with van der Waals surface area (Å²) in [6, 6.07) is 18.2. The molecule has 0 unspecified atom stereocenters. The fraction of sp³-hybridized carbons (Fsp3) is 0.455. The van der Waals surface area contributed by atoms with Crippen LogP contribution < -0.4 is 0 Å². The first-order chi connectivity index (χ1) is 11.7. The molecular formula is C22H27NS. The largest absolute Gasteiger partial charge is 0.306 e. The lowest BCUT2D eigenvalue weighted by molar-refractivity contribution is 0.179. The third-order valence-electron chi connectivity index (χ3n) is 5.99. The highest BCUT2D eigenvalue weighted by Gasteiger charge is 2.41. The van der Waals surface area contributed by atoms with Crippen LogP contribution in [-0.2, 0) is 5.41 Å². The van der Waals surface area contributed by atoms with Gasteiger partial charge in [-0.05, 0) is 68.5 Å². The quantitative estimate of drug-likeness (QED) is 0.719. The molecule has 0 radical (unpaired) electrons. The lowest BCUT2D eigenvalue weighted by Gasteiger charge is -2.44. The molecule has 0 spiro atoms. The Bertz CT molecular complexity index is 678. The maximum absolute atomic E-state index is 2.52. The van der Waals surface area contributed by atoms with Crippen LogP contribution in [0.1, 0.15) is 43.7 Å². The summed E-state index contributed by atoms with van der Waals surface area (Å²) in [6.45, 7) is 4.90. The predicted molar refractivity (Wildman–Crippen MR) is 103 cm³/mol. The molecule has 0 bridgehead atoms. The van der Waals surface area contributed by atoms with Gasteiger partial charge in [-0.15, -0.1) is 0 Å². The number of hydrogen-bond donors (Lipinski definition) is 0. The lowest BCUT2D eigenvalue weighted by atomic mass is 9.66. The molecule has 2 heteroatoms. The fourth-order valence-corrected chi connectivity index (χ4v) is 6.12. The Morgan fingerprint density at radius 2 is 1.67 bits per heavy atom. The molecule has 0 N–H and O–H groups in total. The van der Waals surface area contributed by atoms with Crippen molar-refractivity contribution in [2.75, 3.05) is 20.1 Å². The van der Waals surface area contributed by atoms with Gasteiger partial charge in [0, 0.05) is 21.8 Å². The van der Waals surface area contributed by atoms with Gasteiger partial charge >= 0.3 is 0 Å². The van der Waals surface area contributed by atoms with Crippen LogP contribution in [0.2, 0.25) is 0 Å². The standard InChI is InChI=1S/C22H27NS/c1-3-22(15-17-9-8-14-23(2)16-17)18-10-4-6-12-20(18)24-21-13-7-5-11-19(21)22/h4-7,10-13,17H,3,8-9,14-16H2,1-2H3/t17-/m1/s1. The highest BCUT2D eigenvalue weighted by molar-refractivity contribution is 7.99. The Labute approximate surface area is 150 Å². The Hall–Kier alpha value is -1.25. The summed E-state index contributed by atoms with van der Waals surface area (Å²) in [7, 11) is 2.28. The smallest absolute Gasteiger partial charge is 0.0225 e. The van der Waals surface area contributed by atoms with E-state index in [1.807, 2.05) is 11.8 Å². The van der Waals surface area contributed by atoms with Crippen molar-refractivity contribution < 1.29 is 0 Å². The zero-order chi connectivity index (χ0) is 16.6. The van der Waals surface area contributed by atoms with Crippen molar-refractivity contribution in [3.05, 3.63) is 59.7 Å². The topological polar surface area (TPSA) is 3.24 Å². The second-order valence-corrected chi connectivity index (χ2v) is 8.59. The van der Waals surface area contributed by atoms with E-state index in [1.165, 1.54) is 48.6 Å². The minimum absolute atomic E-state index is 0.182. The first-order valence-electron chi connectivity index (χ1n) is 9.28. The van der Waals surface area contributed by atoms with E-state index >= 15 is 0 Å². The average molecular weight is 338 g/mol. The van der Waals surface area contributed by atoms with Crippen LogP contribution in [0.3, 0.4) is 0 Å². The molecule has 4 rings (SSSR count).